The van der Waals surface area contributed by atoms with Crippen molar-refractivity contribution in [1.29, 1.82) is 0 Å². The molecular formula is C17H22N4O3. The monoisotopic (exact) mass is 330 g/mol. The molecule has 7 nitrogen and oxygen atoms in total. The molecule has 1 amide bonds. The SMILES string of the molecule is Cc1nc(CCNC2CC(NC(=O)OCc3ccccc3)C2)no1. The lowest BCUT2D eigenvalue weighted by Gasteiger charge is -2.36. The standard InChI is InChI=1S/C17H22N4O3/c1-12-19-16(21-24-12)7-8-18-14-9-15(10-14)20-17(22)23-11-13-5-3-2-4-6-13/h2-6,14-15,18H,7-11H2,1H3,(H,20,22). The van der Waals surface area contributed by atoms with Crippen LogP contribution in [0.15, 0.2) is 34.9 Å². The summed E-state index contributed by atoms with van der Waals surface area (Å²) in [5, 5.41) is 10.2. The van der Waals surface area contributed by atoms with Crippen molar-refractivity contribution in [3.8, 4) is 0 Å². The van der Waals surface area contributed by atoms with Gasteiger partial charge in [0.1, 0.15) is 6.61 Å². The minimum atomic E-state index is -0.357. The van der Waals surface area contributed by atoms with Crippen molar-refractivity contribution in [1.82, 2.24) is 20.8 Å². The van der Waals surface area contributed by atoms with Crippen LogP contribution in [0, 0.1) is 6.92 Å². The van der Waals surface area contributed by atoms with Crippen molar-refractivity contribution in [3.05, 3.63) is 47.6 Å². The van der Waals surface area contributed by atoms with Gasteiger partial charge in [-0.05, 0) is 18.4 Å². The zero-order chi connectivity index (χ0) is 16.8. The van der Waals surface area contributed by atoms with Crippen LogP contribution in [0.5, 0.6) is 0 Å². The smallest absolute Gasteiger partial charge is 0.407 e. The summed E-state index contributed by atoms with van der Waals surface area (Å²) in [5.74, 6) is 1.31. The molecule has 1 fully saturated rings. The highest BCUT2D eigenvalue weighted by Gasteiger charge is 2.30. The number of rotatable bonds is 7. The predicted molar refractivity (Wildman–Crippen MR) is 87.3 cm³/mol. The molecule has 1 aliphatic rings. The number of amides is 1. The van der Waals surface area contributed by atoms with Crippen LogP contribution in [0.4, 0.5) is 4.79 Å². The van der Waals surface area contributed by atoms with E-state index >= 15 is 0 Å². The normalized spacial score (nSPS) is 19.5. The number of carbonyl (C=O) groups is 1. The lowest BCUT2D eigenvalue weighted by molar-refractivity contribution is 0.125. The fourth-order valence-corrected chi connectivity index (χ4v) is 2.66. The average Bonchev–Trinajstić information content (AvgIpc) is 2.97. The minimum Gasteiger partial charge on any atom is -0.445 e. The summed E-state index contributed by atoms with van der Waals surface area (Å²) in [4.78, 5) is 15.9. The van der Waals surface area contributed by atoms with Gasteiger partial charge in [-0.25, -0.2) is 4.79 Å². The van der Waals surface area contributed by atoms with Crippen LogP contribution in [0.25, 0.3) is 0 Å². The topological polar surface area (TPSA) is 89.3 Å². The molecule has 24 heavy (non-hydrogen) atoms. The summed E-state index contributed by atoms with van der Waals surface area (Å²) in [7, 11) is 0. The summed E-state index contributed by atoms with van der Waals surface area (Å²) in [6.45, 7) is 2.88. The highest BCUT2D eigenvalue weighted by Crippen LogP contribution is 2.20. The van der Waals surface area contributed by atoms with E-state index in [-0.39, 0.29) is 12.1 Å². The molecule has 0 aliphatic heterocycles. The Labute approximate surface area is 140 Å². The Kier molecular flexibility index (Phi) is 5.43. The first-order valence-corrected chi connectivity index (χ1v) is 8.19. The number of nitrogens with one attached hydrogen (secondary N) is 2. The van der Waals surface area contributed by atoms with Gasteiger partial charge >= 0.3 is 6.09 Å². The van der Waals surface area contributed by atoms with Gasteiger partial charge in [-0.15, -0.1) is 0 Å². The van der Waals surface area contributed by atoms with E-state index in [4.69, 9.17) is 9.26 Å². The molecule has 0 spiro atoms. The van der Waals surface area contributed by atoms with Gasteiger partial charge in [-0.3, -0.25) is 0 Å². The van der Waals surface area contributed by atoms with Gasteiger partial charge < -0.3 is 19.9 Å². The van der Waals surface area contributed by atoms with Crippen LogP contribution in [0.2, 0.25) is 0 Å². The largest absolute Gasteiger partial charge is 0.445 e. The molecule has 3 rings (SSSR count). The van der Waals surface area contributed by atoms with E-state index in [1.807, 2.05) is 30.3 Å². The van der Waals surface area contributed by atoms with Gasteiger partial charge in [0.15, 0.2) is 5.82 Å². The van der Waals surface area contributed by atoms with Crippen LogP contribution in [0.3, 0.4) is 0 Å². The van der Waals surface area contributed by atoms with E-state index in [0.29, 0.717) is 18.5 Å². The van der Waals surface area contributed by atoms with Crippen LogP contribution in [0.1, 0.15) is 30.1 Å². The second-order valence-corrected chi connectivity index (χ2v) is 6.01. The third kappa shape index (κ3) is 4.79. The summed E-state index contributed by atoms with van der Waals surface area (Å²) in [6, 6.07) is 10.2. The van der Waals surface area contributed by atoms with Crippen molar-refractivity contribution in [2.24, 2.45) is 0 Å². The number of nitrogens with zero attached hydrogens (tertiary/aromatic N) is 2. The summed E-state index contributed by atoms with van der Waals surface area (Å²) in [5.41, 5.74) is 0.984. The Morgan fingerprint density at radius 2 is 2.08 bits per heavy atom. The van der Waals surface area contributed by atoms with Crippen molar-refractivity contribution in [3.63, 3.8) is 0 Å². The van der Waals surface area contributed by atoms with Crippen LogP contribution in [-0.4, -0.2) is 34.9 Å². The quantitative estimate of drug-likeness (QED) is 0.807. The summed E-state index contributed by atoms with van der Waals surface area (Å²) < 4.78 is 10.1. The number of aryl methyl sites for hydroxylation is 1. The molecular weight excluding hydrogens is 308 g/mol. The van der Waals surface area contributed by atoms with Gasteiger partial charge in [-0.2, -0.15) is 4.98 Å². The van der Waals surface area contributed by atoms with E-state index in [0.717, 1.165) is 37.2 Å². The summed E-state index contributed by atoms with van der Waals surface area (Å²) in [6.07, 6.45) is 2.20. The molecule has 0 radical (unpaired) electrons. The lowest BCUT2D eigenvalue weighted by Crippen LogP contribution is -2.52. The van der Waals surface area contributed by atoms with E-state index < -0.39 is 0 Å². The molecule has 0 bridgehead atoms. The van der Waals surface area contributed by atoms with E-state index in [1.165, 1.54) is 0 Å². The number of aromatic nitrogens is 2. The number of alkyl carbamates (subject to hydrolysis) is 1. The second-order valence-electron chi connectivity index (χ2n) is 6.01. The van der Waals surface area contributed by atoms with Gasteiger partial charge in [-0.1, -0.05) is 35.5 Å². The van der Waals surface area contributed by atoms with Crippen molar-refractivity contribution in [2.45, 2.75) is 44.9 Å². The van der Waals surface area contributed by atoms with Gasteiger partial charge in [0.25, 0.3) is 0 Å². The maximum Gasteiger partial charge on any atom is 0.407 e. The molecule has 1 aliphatic carbocycles. The predicted octanol–water partition coefficient (Wildman–Crippen LogP) is 1.97. The molecule has 128 valence electrons. The van der Waals surface area contributed by atoms with E-state index in [1.54, 1.807) is 6.92 Å². The molecule has 0 atom stereocenters. The van der Waals surface area contributed by atoms with Crippen molar-refractivity contribution >= 4 is 6.09 Å². The number of hydrogen-bond donors (Lipinski definition) is 2. The number of hydrogen-bond acceptors (Lipinski definition) is 6. The van der Waals surface area contributed by atoms with Gasteiger partial charge in [0.05, 0.1) is 0 Å². The van der Waals surface area contributed by atoms with E-state index in [9.17, 15) is 4.79 Å². The Morgan fingerprint density at radius 1 is 1.29 bits per heavy atom. The molecule has 1 aromatic heterocycles. The third-order valence-electron chi connectivity index (χ3n) is 4.02. The van der Waals surface area contributed by atoms with E-state index in [2.05, 4.69) is 20.8 Å². The van der Waals surface area contributed by atoms with Crippen molar-refractivity contribution in [2.75, 3.05) is 6.54 Å². The first-order valence-electron chi connectivity index (χ1n) is 8.19. The Morgan fingerprint density at radius 3 is 2.79 bits per heavy atom. The maximum absolute atomic E-state index is 11.7. The van der Waals surface area contributed by atoms with Gasteiger partial charge in [0.2, 0.25) is 5.89 Å². The minimum absolute atomic E-state index is 0.179. The number of ether oxygens (including phenoxy) is 1. The van der Waals surface area contributed by atoms with Gasteiger partial charge in [0, 0.05) is 32.0 Å². The fourth-order valence-electron chi connectivity index (χ4n) is 2.66. The molecule has 2 aromatic rings. The number of carbonyl (C=O) groups excluding carboxylic acids is 1. The fraction of sp³-hybridized carbons (Fsp3) is 0.471. The van der Waals surface area contributed by atoms with Crippen LogP contribution < -0.4 is 10.6 Å². The average molecular weight is 330 g/mol. The highest BCUT2D eigenvalue weighted by atomic mass is 16.5. The second kappa shape index (κ2) is 7.92. The first-order chi connectivity index (χ1) is 11.7. The molecule has 0 saturated heterocycles. The zero-order valence-corrected chi connectivity index (χ0v) is 13.7. The molecule has 0 unspecified atom stereocenters. The lowest BCUT2D eigenvalue weighted by atomic mass is 9.87. The number of benzene rings is 1. The Bertz CT molecular complexity index is 653. The third-order valence-corrected chi connectivity index (χ3v) is 4.02. The Balaban J connectivity index is 1.26. The Hall–Kier alpha value is -2.41. The first kappa shape index (κ1) is 16.4. The molecule has 1 heterocycles. The van der Waals surface area contributed by atoms with Crippen LogP contribution >= 0.6 is 0 Å². The maximum atomic E-state index is 11.7. The van der Waals surface area contributed by atoms with Crippen LogP contribution in [-0.2, 0) is 17.8 Å². The zero-order valence-electron chi connectivity index (χ0n) is 13.7. The molecule has 1 saturated carbocycles. The molecule has 1 aromatic carbocycles. The summed E-state index contributed by atoms with van der Waals surface area (Å²) >= 11 is 0. The highest BCUT2D eigenvalue weighted by molar-refractivity contribution is 5.67. The van der Waals surface area contributed by atoms with Crippen molar-refractivity contribution < 1.29 is 14.1 Å². The molecule has 7 heteroatoms. The molecule has 2 N–H and O–H groups in total.